The predicted molar refractivity (Wildman–Crippen MR) is 187 cm³/mol. The first-order chi connectivity index (χ1) is 20.8. The van der Waals surface area contributed by atoms with Crippen molar-refractivity contribution < 1.29 is 60.1 Å². The molecule has 6 aromatic rings. The minimum atomic E-state index is 0. The molecule has 0 amide bonds. The van der Waals surface area contributed by atoms with Gasteiger partial charge in [-0.25, -0.2) is 0 Å². The quantitative estimate of drug-likeness (QED) is 0.157. The summed E-state index contributed by atoms with van der Waals surface area (Å²) >= 11 is 0. The van der Waals surface area contributed by atoms with Crippen LogP contribution in [-0.4, -0.2) is 14.2 Å². The van der Waals surface area contributed by atoms with Crippen molar-refractivity contribution in [1.29, 1.82) is 0 Å². The van der Waals surface area contributed by atoms with E-state index in [9.17, 15) is 0 Å². The van der Waals surface area contributed by atoms with Gasteiger partial charge in [0, 0.05) is 25.8 Å². The van der Waals surface area contributed by atoms with E-state index in [1.807, 2.05) is 24.3 Å². The van der Waals surface area contributed by atoms with Crippen LogP contribution in [0.1, 0.15) is 57.1 Å². The Morgan fingerprint density at radius 2 is 0.891 bits per heavy atom. The number of benzene rings is 4. The van der Waals surface area contributed by atoms with Gasteiger partial charge in [-0.2, -0.15) is 12.1 Å². The molecule has 0 aromatic heterocycles. The van der Waals surface area contributed by atoms with E-state index in [1.165, 1.54) is 54.9 Å². The molecular weight excluding hydrogens is 774 g/mol. The van der Waals surface area contributed by atoms with Crippen molar-refractivity contribution in [3.05, 3.63) is 134 Å². The maximum atomic E-state index is 5.23. The zero-order valence-corrected chi connectivity index (χ0v) is 32.8. The predicted octanol–water partition coefficient (Wildman–Crippen LogP) is 5.77. The second-order valence-corrected chi connectivity index (χ2v) is 11.3. The second kappa shape index (κ2) is 19.7. The van der Waals surface area contributed by atoms with Gasteiger partial charge in [0.1, 0.15) is 11.5 Å². The van der Waals surface area contributed by atoms with E-state index >= 15 is 0 Å². The van der Waals surface area contributed by atoms with Crippen molar-refractivity contribution in [3.8, 4) is 33.8 Å². The number of hydrogen-bond acceptors (Lipinski definition) is 2. The third-order valence-electron chi connectivity index (χ3n) is 7.68. The third kappa shape index (κ3) is 10.1. The first kappa shape index (κ1) is 41.2. The molecule has 0 aliphatic carbocycles. The molecule has 0 fully saturated rings. The summed E-state index contributed by atoms with van der Waals surface area (Å²) in [4.78, 5) is 0. The summed E-state index contributed by atoms with van der Waals surface area (Å²) in [6.45, 7) is 15.7. The molecule has 46 heavy (non-hydrogen) atoms. The van der Waals surface area contributed by atoms with E-state index in [2.05, 4.69) is 126 Å². The van der Waals surface area contributed by atoms with Gasteiger partial charge in [0.15, 0.2) is 0 Å². The Labute approximate surface area is 307 Å². The number of rotatable bonds is 6. The van der Waals surface area contributed by atoms with Crippen LogP contribution in [0.3, 0.4) is 0 Å². The minimum absolute atomic E-state index is 0. The summed E-state index contributed by atoms with van der Waals surface area (Å²) in [5, 5.41) is 5.31. The molecule has 0 atom stereocenters. The van der Waals surface area contributed by atoms with Gasteiger partial charge in [-0.05, 0) is 47.2 Å². The Hall–Kier alpha value is -2.85. The number of ether oxygens (including phenoxy) is 2. The summed E-state index contributed by atoms with van der Waals surface area (Å²) in [5.41, 5.74) is 7.85. The number of hydrogen-bond donors (Lipinski definition) is 0. The normalized spacial score (nSPS) is 10.1. The van der Waals surface area contributed by atoms with E-state index in [0.29, 0.717) is 11.8 Å². The second-order valence-electron chi connectivity index (χ2n) is 11.3. The van der Waals surface area contributed by atoms with E-state index in [4.69, 9.17) is 9.47 Å². The maximum absolute atomic E-state index is 5.23. The molecule has 244 valence electrons. The monoisotopic (exact) mass is 818 g/mol. The summed E-state index contributed by atoms with van der Waals surface area (Å²) in [5.74, 6) is 2.91. The molecule has 5 heteroatoms. The maximum Gasteiger partial charge on any atom is 0.118 e. The molecule has 0 unspecified atom stereocenters. The van der Waals surface area contributed by atoms with Gasteiger partial charge in [-0.1, -0.05) is 75.2 Å². The van der Waals surface area contributed by atoms with Crippen molar-refractivity contribution >= 4 is 21.5 Å². The molecule has 0 saturated carbocycles. The van der Waals surface area contributed by atoms with Crippen LogP contribution in [0.5, 0.6) is 11.5 Å². The van der Waals surface area contributed by atoms with Crippen molar-refractivity contribution in [2.45, 2.75) is 46.0 Å². The number of halogens is 2. The van der Waals surface area contributed by atoms with Crippen LogP contribution in [0.4, 0.5) is 0 Å². The topological polar surface area (TPSA) is 18.5 Å². The Kier molecular flexibility index (Phi) is 17.7. The fraction of sp³-hybridized carbons (Fsp3) is 0.220. The van der Waals surface area contributed by atoms with Gasteiger partial charge in [-0.15, -0.1) is 69.1 Å². The van der Waals surface area contributed by atoms with Crippen LogP contribution < -0.4 is 34.3 Å². The molecule has 0 saturated heterocycles. The number of fused-ring (bicyclic) bond motifs is 2. The Morgan fingerprint density at radius 1 is 0.565 bits per heavy atom. The molecule has 0 N–H and O–H groups in total. The van der Waals surface area contributed by atoms with Gasteiger partial charge in [-0.3, -0.25) is 0 Å². The van der Waals surface area contributed by atoms with Crippen LogP contribution in [0, 0.1) is 13.8 Å². The minimum Gasteiger partial charge on any atom is -1.00 e. The number of methoxy groups -OCH3 is 2. The SMILES string of the molecule is COc1ccc(-c2cccc3[cH-]c(C(C)C)cc23)cc1.COc1ccc(-c2cccc3[cH-]c(C(C)C)cc23)cc1.[CH2-]C[CH2-].[Cl-].[Cl-].[Hf]. The average molecular weight is 818 g/mol. The fourth-order valence-corrected chi connectivity index (χ4v) is 5.23. The van der Waals surface area contributed by atoms with E-state index < -0.39 is 0 Å². The molecule has 6 rings (SSSR count). The molecule has 0 aliphatic rings. The van der Waals surface area contributed by atoms with Crippen molar-refractivity contribution in [3.63, 3.8) is 0 Å². The zero-order chi connectivity index (χ0) is 30.9. The molecule has 0 spiro atoms. The van der Waals surface area contributed by atoms with Gasteiger partial charge >= 0.3 is 0 Å². The molecule has 0 heterocycles. The van der Waals surface area contributed by atoms with Gasteiger partial charge in [0.2, 0.25) is 0 Å². The largest absolute Gasteiger partial charge is 1.00 e. The van der Waals surface area contributed by atoms with Crippen molar-refractivity contribution in [1.82, 2.24) is 0 Å². The van der Waals surface area contributed by atoms with E-state index in [1.54, 1.807) is 14.2 Å². The Morgan fingerprint density at radius 3 is 1.17 bits per heavy atom. The first-order valence-electron chi connectivity index (χ1n) is 15.1. The van der Waals surface area contributed by atoms with Crippen molar-refractivity contribution in [2.24, 2.45) is 0 Å². The van der Waals surface area contributed by atoms with E-state index in [-0.39, 0.29) is 50.7 Å². The van der Waals surface area contributed by atoms with Crippen LogP contribution in [-0.2, 0) is 25.8 Å². The molecule has 6 aromatic carbocycles. The summed E-state index contributed by atoms with van der Waals surface area (Å²) in [6.07, 6.45) is 0.750. The van der Waals surface area contributed by atoms with Crippen LogP contribution in [0.2, 0.25) is 0 Å². The molecule has 0 bridgehead atoms. The van der Waals surface area contributed by atoms with Gasteiger partial charge < -0.3 is 54.6 Å². The molecular formula is C41H44Cl2HfO2-6. The smallest absolute Gasteiger partial charge is 0.118 e. The van der Waals surface area contributed by atoms with Crippen LogP contribution >= 0.6 is 0 Å². The first-order valence-corrected chi connectivity index (χ1v) is 15.1. The Balaban J connectivity index is 0.000000400. The molecule has 2 nitrogen and oxygen atoms in total. The summed E-state index contributed by atoms with van der Waals surface area (Å²) in [7, 11) is 3.39. The van der Waals surface area contributed by atoms with E-state index in [0.717, 1.165) is 17.9 Å². The van der Waals surface area contributed by atoms with Crippen LogP contribution in [0.15, 0.2) is 109 Å². The average Bonchev–Trinajstić information content (AvgIpc) is 3.67. The van der Waals surface area contributed by atoms with Gasteiger partial charge in [0.05, 0.1) is 14.2 Å². The van der Waals surface area contributed by atoms with Crippen molar-refractivity contribution in [2.75, 3.05) is 14.2 Å². The molecule has 0 aliphatic heterocycles. The molecule has 0 radical (unpaired) electrons. The summed E-state index contributed by atoms with van der Waals surface area (Å²) in [6, 6.07) is 38.8. The zero-order valence-electron chi connectivity index (χ0n) is 27.7. The third-order valence-corrected chi connectivity index (χ3v) is 7.68. The summed E-state index contributed by atoms with van der Waals surface area (Å²) < 4.78 is 10.5. The van der Waals surface area contributed by atoms with Gasteiger partial charge in [0.25, 0.3) is 0 Å². The van der Waals surface area contributed by atoms with Crippen LogP contribution in [0.25, 0.3) is 43.8 Å². The fourth-order valence-electron chi connectivity index (χ4n) is 5.23. The Bertz CT molecular complexity index is 1600. The standard InChI is InChI=1S/2C19H19O.C3H6.2ClH.Hf/c2*1-13(2)16-11-15-5-4-6-18(19(15)12-16)14-7-9-17(20-3)10-8-14;1-3-2;;;/h2*4-13H,1-3H3;1-3H2;2*1H;/q2*-1;-2;;;/p-2.